The third-order valence-electron chi connectivity index (χ3n) is 4.49. The maximum absolute atomic E-state index is 14.3. The topological polar surface area (TPSA) is 71.2 Å². The number of likely N-dealkylation sites (tertiary alicyclic amines) is 1. The smallest absolute Gasteiger partial charge is 0.253 e. The molecule has 0 saturated carbocycles. The Hall–Kier alpha value is -2.98. The van der Waals surface area contributed by atoms with Crippen LogP contribution in [0, 0.1) is 24.0 Å². The first-order valence-electron chi connectivity index (χ1n) is 8.18. The van der Waals surface area contributed by atoms with E-state index in [0.717, 1.165) is 25.8 Å². The predicted molar refractivity (Wildman–Crippen MR) is 95.2 cm³/mol. The van der Waals surface area contributed by atoms with Gasteiger partial charge >= 0.3 is 0 Å². The van der Waals surface area contributed by atoms with Gasteiger partial charge in [0.05, 0.1) is 23.3 Å². The highest BCUT2D eigenvalue weighted by molar-refractivity contribution is 6.00. The van der Waals surface area contributed by atoms with Crippen molar-refractivity contribution in [2.45, 2.75) is 12.8 Å². The van der Waals surface area contributed by atoms with Gasteiger partial charge in [0.2, 0.25) is 0 Å². The summed E-state index contributed by atoms with van der Waals surface area (Å²) in [5.41, 5.74) is 6.06. The Labute approximate surface area is 150 Å². The number of aromatic nitrogens is 1. The van der Waals surface area contributed by atoms with Gasteiger partial charge in [0.1, 0.15) is 11.4 Å². The summed E-state index contributed by atoms with van der Waals surface area (Å²) in [5, 5.41) is 2.80. The largest absolute Gasteiger partial charge is 0.365 e. The minimum atomic E-state index is -0.944. The van der Waals surface area contributed by atoms with E-state index in [0.29, 0.717) is 11.3 Å². The van der Waals surface area contributed by atoms with Gasteiger partial charge in [-0.1, -0.05) is 12.8 Å². The zero-order valence-corrected chi connectivity index (χ0v) is 14.2. The number of carbonyl (C=O) groups is 1. The van der Waals surface area contributed by atoms with Crippen LogP contribution in [0.4, 0.5) is 20.2 Å². The molecule has 1 aliphatic rings. The molecule has 0 unspecified atom stereocenters. The van der Waals surface area contributed by atoms with Crippen molar-refractivity contribution in [3.63, 3.8) is 0 Å². The molecule has 5 nitrogen and oxygen atoms in total. The number of rotatable bonds is 5. The van der Waals surface area contributed by atoms with Crippen LogP contribution in [0.3, 0.4) is 0 Å². The summed E-state index contributed by atoms with van der Waals surface area (Å²) >= 11 is 0. The monoisotopic (exact) mass is 356 g/mol. The first-order valence-corrected chi connectivity index (χ1v) is 8.18. The first kappa shape index (κ1) is 17.8. The predicted octanol–water partition coefficient (Wildman–Crippen LogP) is 2.60. The Bertz CT molecular complexity index is 901. The van der Waals surface area contributed by atoms with Gasteiger partial charge in [-0.05, 0) is 24.7 Å². The van der Waals surface area contributed by atoms with Crippen molar-refractivity contribution < 1.29 is 13.6 Å². The summed E-state index contributed by atoms with van der Waals surface area (Å²) in [5.74, 6) is -0.0694. The van der Waals surface area contributed by atoms with Crippen molar-refractivity contribution in [3.05, 3.63) is 52.9 Å². The number of nitrogens with one attached hydrogen (secondary N) is 1. The van der Waals surface area contributed by atoms with Crippen LogP contribution in [-0.4, -0.2) is 35.4 Å². The molecule has 0 radical (unpaired) electrons. The van der Waals surface area contributed by atoms with Gasteiger partial charge in [-0.25, -0.2) is 8.78 Å². The van der Waals surface area contributed by atoms with Gasteiger partial charge in [0.25, 0.3) is 5.91 Å². The van der Waals surface area contributed by atoms with E-state index in [1.54, 1.807) is 6.07 Å². The number of likely N-dealkylation sites (N-methyl/N-ethyl adjacent to an activating group) is 1. The van der Waals surface area contributed by atoms with Crippen LogP contribution in [0.25, 0.3) is 0 Å². The Morgan fingerprint density at radius 1 is 1.42 bits per heavy atom. The Balaban J connectivity index is 2.05. The van der Waals surface area contributed by atoms with E-state index < -0.39 is 17.5 Å². The summed E-state index contributed by atoms with van der Waals surface area (Å²) < 4.78 is 28.5. The van der Waals surface area contributed by atoms with Crippen LogP contribution in [0.15, 0.2) is 24.4 Å². The fourth-order valence-electron chi connectivity index (χ4n) is 3.02. The van der Waals surface area contributed by atoms with E-state index in [9.17, 15) is 13.6 Å². The van der Waals surface area contributed by atoms with Gasteiger partial charge in [0.15, 0.2) is 5.82 Å². The Morgan fingerprint density at radius 2 is 2.15 bits per heavy atom. The molecular formula is C19H18F2N4O. The van der Waals surface area contributed by atoms with Crippen molar-refractivity contribution in [1.82, 2.24) is 9.88 Å². The molecule has 0 atom stereocenters. The van der Waals surface area contributed by atoms with E-state index in [2.05, 4.69) is 21.1 Å². The molecule has 26 heavy (non-hydrogen) atoms. The number of primary amides is 1. The number of halogens is 2. The van der Waals surface area contributed by atoms with Crippen LogP contribution in [-0.2, 0) is 0 Å². The van der Waals surface area contributed by atoms with E-state index in [1.807, 2.05) is 6.92 Å². The second kappa shape index (κ2) is 7.10. The van der Waals surface area contributed by atoms with Crippen molar-refractivity contribution in [3.8, 4) is 12.3 Å². The number of anilines is 2. The molecule has 3 rings (SSSR count). The van der Waals surface area contributed by atoms with E-state index in [4.69, 9.17) is 12.2 Å². The van der Waals surface area contributed by atoms with Crippen LogP contribution < -0.4 is 11.1 Å². The zero-order chi connectivity index (χ0) is 18.8. The first-order chi connectivity index (χ1) is 12.4. The van der Waals surface area contributed by atoms with Crippen molar-refractivity contribution in [2.75, 3.05) is 25.0 Å². The maximum Gasteiger partial charge on any atom is 0.253 e. The quantitative estimate of drug-likeness (QED) is 0.808. The molecule has 134 valence electrons. The number of terminal acetylenes is 1. The van der Waals surface area contributed by atoms with Crippen LogP contribution in [0.5, 0.6) is 0 Å². The number of nitrogens with zero attached hydrogens (tertiary/aromatic N) is 2. The Morgan fingerprint density at radius 3 is 2.73 bits per heavy atom. The van der Waals surface area contributed by atoms with E-state index >= 15 is 0 Å². The molecule has 2 heterocycles. The van der Waals surface area contributed by atoms with Crippen LogP contribution >= 0.6 is 0 Å². The lowest BCUT2D eigenvalue weighted by Gasteiger charge is -2.39. The van der Waals surface area contributed by atoms with Crippen molar-refractivity contribution in [2.24, 2.45) is 5.73 Å². The molecule has 3 N–H and O–H groups in total. The van der Waals surface area contributed by atoms with E-state index in [-0.39, 0.29) is 22.9 Å². The third kappa shape index (κ3) is 3.24. The summed E-state index contributed by atoms with van der Waals surface area (Å²) in [6.07, 6.45) is 6.24. The zero-order valence-electron chi connectivity index (χ0n) is 14.2. The van der Waals surface area contributed by atoms with Gasteiger partial charge in [-0.3, -0.25) is 9.78 Å². The third-order valence-corrected chi connectivity index (χ3v) is 4.49. The lowest BCUT2D eigenvalue weighted by Crippen LogP contribution is -2.45. The average Bonchev–Trinajstić information content (AvgIpc) is 2.57. The minimum absolute atomic E-state index is 0.00388. The number of benzene rings is 1. The van der Waals surface area contributed by atoms with Gasteiger partial charge in [-0.15, -0.1) is 6.42 Å². The SMILES string of the molecule is C#Cc1ccc(Nc2c(C3CN(CC)C3)ncc(F)c2C(N)=O)c(F)c1. The number of amides is 1. The normalized spacial score (nSPS) is 14.5. The number of hydrogen-bond acceptors (Lipinski definition) is 4. The molecular weight excluding hydrogens is 338 g/mol. The molecule has 2 aromatic rings. The number of pyridine rings is 1. The highest BCUT2D eigenvalue weighted by atomic mass is 19.1. The molecule has 0 bridgehead atoms. The fourth-order valence-corrected chi connectivity index (χ4v) is 3.02. The fraction of sp³-hybridized carbons (Fsp3) is 0.263. The van der Waals surface area contributed by atoms with Gasteiger partial charge < -0.3 is 16.0 Å². The Kier molecular flexibility index (Phi) is 4.87. The van der Waals surface area contributed by atoms with Crippen LogP contribution in [0.1, 0.15) is 34.5 Å². The molecule has 1 amide bonds. The minimum Gasteiger partial charge on any atom is -0.365 e. The van der Waals surface area contributed by atoms with E-state index in [1.165, 1.54) is 12.1 Å². The number of hydrogen-bond donors (Lipinski definition) is 2. The van der Waals surface area contributed by atoms with Crippen molar-refractivity contribution >= 4 is 17.3 Å². The van der Waals surface area contributed by atoms with Gasteiger partial charge in [-0.2, -0.15) is 0 Å². The number of nitrogens with two attached hydrogens (primary N) is 1. The lowest BCUT2D eigenvalue weighted by molar-refractivity contribution is 0.0996. The average molecular weight is 356 g/mol. The highest BCUT2D eigenvalue weighted by Gasteiger charge is 2.32. The van der Waals surface area contributed by atoms with Crippen LogP contribution in [0.2, 0.25) is 0 Å². The van der Waals surface area contributed by atoms with Crippen molar-refractivity contribution in [1.29, 1.82) is 0 Å². The lowest BCUT2D eigenvalue weighted by atomic mass is 9.92. The standard InChI is InChI=1S/C19H18F2N4O/c1-3-11-5-6-15(13(20)7-11)24-18-16(19(22)26)14(21)8-23-17(18)12-9-25(4-2)10-12/h1,5-8,12,24H,4,9-10H2,2H3,(H2,22,26). The molecule has 1 fully saturated rings. The summed E-state index contributed by atoms with van der Waals surface area (Å²) in [7, 11) is 0. The molecule has 1 aromatic heterocycles. The molecule has 0 spiro atoms. The summed E-state index contributed by atoms with van der Waals surface area (Å²) in [4.78, 5) is 18.1. The second-order valence-electron chi connectivity index (χ2n) is 6.12. The second-order valence-corrected chi connectivity index (χ2v) is 6.12. The maximum atomic E-state index is 14.3. The molecule has 1 saturated heterocycles. The molecule has 1 aliphatic heterocycles. The number of carbonyl (C=O) groups excluding carboxylic acids is 1. The summed E-state index contributed by atoms with van der Waals surface area (Å²) in [6, 6.07) is 4.16. The molecule has 7 heteroatoms. The summed E-state index contributed by atoms with van der Waals surface area (Å²) in [6.45, 7) is 4.36. The molecule has 1 aromatic carbocycles. The highest BCUT2D eigenvalue weighted by Crippen LogP contribution is 2.35. The van der Waals surface area contributed by atoms with Gasteiger partial charge in [0, 0.05) is 24.6 Å². The molecule has 0 aliphatic carbocycles.